The third kappa shape index (κ3) is 12.3. The summed E-state index contributed by atoms with van der Waals surface area (Å²) in [5.74, 6) is 0. The van der Waals surface area contributed by atoms with Gasteiger partial charge in [0.15, 0.2) is 0 Å². The van der Waals surface area contributed by atoms with Crippen LogP contribution >= 0.6 is 0 Å². The van der Waals surface area contributed by atoms with Crippen molar-refractivity contribution in [3.8, 4) is 0 Å². The van der Waals surface area contributed by atoms with E-state index in [1.165, 1.54) is 97.1 Å². The molecule has 0 aliphatic carbocycles. The molecule has 0 amide bonds. The molecule has 2 aromatic rings. The molecule has 0 fully saturated rings. The van der Waals surface area contributed by atoms with Crippen molar-refractivity contribution in [2.45, 2.75) is 126 Å². The standard InChI is InChI=1S/2C8H9O.2C8H17.Sn/c2*1-7(9)8-5-3-2-4-6-8;2*1-3-5-7-8-6-4-2;/h2*2-7H,1H3;2*1,3-8H2,2H3;/q2*-1;;;+2. The van der Waals surface area contributed by atoms with Crippen LogP contribution in [0.4, 0.5) is 0 Å². The molecule has 2 aromatic carbocycles. The Balaban J connectivity index is 2.16. The van der Waals surface area contributed by atoms with Gasteiger partial charge in [-0.1, -0.05) is 0 Å². The molecule has 0 radical (unpaired) electrons. The molecule has 0 heterocycles. The fraction of sp³-hybridized carbons (Fsp3) is 0.625. The van der Waals surface area contributed by atoms with E-state index in [0.29, 0.717) is 0 Å². The Bertz CT molecular complexity index is 683. The topological polar surface area (TPSA) is 18.5 Å². The van der Waals surface area contributed by atoms with Crippen molar-refractivity contribution in [2.24, 2.45) is 0 Å². The first-order valence-corrected chi connectivity index (χ1v) is 20.9. The zero-order valence-corrected chi connectivity index (χ0v) is 26.0. The second-order valence-electron chi connectivity index (χ2n) is 10.3. The summed E-state index contributed by atoms with van der Waals surface area (Å²) < 4.78 is 16.7. The van der Waals surface area contributed by atoms with Crippen molar-refractivity contribution in [3.05, 3.63) is 71.8 Å². The average Bonchev–Trinajstić information content (AvgIpc) is 2.89. The van der Waals surface area contributed by atoms with Crippen LogP contribution < -0.4 is 0 Å². The fourth-order valence-corrected chi connectivity index (χ4v) is 16.1. The van der Waals surface area contributed by atoms with Crippen molar-refractivity contribution in [3.63, 3.8) is 0 Å². The molecule has 0 N–H and O–H groups in total. The molecule has 0 aliphatic rings. The van der Waals surface area contributed by atoms with Crippen LogP contribution in [0, 0.1) is 0 Å². The van der Waals surface area contributed by atoms with Gasteiger partial charge in [-0.3, -0.25) is 0 Å². The summed E-state index contributed by atoms with van der Waals surface area (Å²) in [6.45, 7) is 9.05. The Hall–Kier alpha value is -0.841. The molecule has 2 atom stereocenters. The van der Waals surface area contributed by atoms with E-state index in [1.54, 1.807) is 0 Å². The summed E-state index contributed by atoms with van der Waals surface area (Å²) in [5, 5.41) is 0. The predicted molar refractivity (Wildman–Crippen MR) is 154 cm³/mol. The van der Waals surface area contributed by atoms with Gasteiger partial charge in [0, 0.05) is 0 Å². The van der Waals surface area contributed by atoms with Crippen LogP contribution in [-0.4, -0.2) is 19.2 Å². The van der Waals surface area contributed by atoms with E-state index in [9.17, 15) is 0 Å². The molecule has 2 unspecified atom stereocenters. The Kier molecular flexibility index (Phi) is 16.0. The molecule has 0 aromatic heterocycles. The predicted octanol–water partition coefficient (Wildman–Crippen LogP) is 10.7. The molecular weight excluding hydrogens is 535 g/mol. The summed E-state index contributed by atoms with van der Waals surface area (Å²) in [4.78, 5) is 0. The van der Waals surface area contributed by atoms with Crippen molar-refractivity contribution in [1.82, 2.24) is 0 Å². The molecule has 2 nitrogen and oxygen atoms in total. The quantitative estimate of drug-likeness (QED) is 0.113. The van der Waals surface area contributed by atoms with Crippen molar-refractivity contribution in [2.75, 3.05) is 0 Å². The van der Waals surface area contributed by atoms with Gasteiger partial charge in [0.25, 0.3) is 0 Å². The van der Waals surface area contributed by atoms with Gasteiger partial charge in [0.1, 0.15) is 0 Å². The Morgan fingerprint density at radius 2 is 0.857 bits per heavy atom. The average molecular weight is 587 g/mol. The third-order valence-corrected chi connectivity index (χ3v) is 18.0. The molecule has 196 valence electrons. The Labute approximate surface area is 222 Å². The second-order valence-corrected chi connectivity index (χ2v) is 19.7. The first-order valence-electron chi connectivity index (χ1n) is 14.6. The van der Waals surface area contributed by atoms with E-state index in [-0.39, 0.29) is 12.2 Å². The molecule has 3 heteroatoms. The van der Waals surface area contributed by atoms with Crippen LogP contribution in [0.25, 0.3) is 0 Å². The second kappa shape index (κ2) is 18.4. The number of rotatable bonds is 20. The van der Waals surface area contributed by atoms with Gasteiger partial charge in [-0.25, -0.2) is 0 Å². The molecule has 0 saturated carbocycles. The van der Waals surface area contributed by atoms with Crippen LogP contribution in [0.1, 0.15) is 128 Å². The van der Waals surface area contributed by atoms with E-state index in [1.807, 2.05) is 0 Å². The molecule has 0 spiro atoms. The van der Waals surface area contributed by atoms with Gasteiger partial charge in [0.2, 0.25) is 0 Å². The van der Waals surface area contributed by atoms with Crippen LogP contribution in [-0.2, 0) is 6.15 Å². The van der Waals surface area contributed by atoms with Crippen molar-refractivity contribution in [1.29, 1.82) is 0 Å². The molecule has 35 heavy (non-hydrogen) atoms. The fourth-order valence-electron chi connectivity index (χ4n) is 4.97. The number of hydrogen-bond acceptors (Lipinski definition) is 2. The zero-order chi connectivity index (χ0) is 25.2. The van der Waals surface area contributed by atoms with Gasteiger partial charge in [-0.15, -0.1) is 0 Å². The van der Waals surface area contributed by atoms with Gasteiger partial charge in [-0.05, 0) is 0 Å². The van der Waals surface area contributed by atoms with E-state index < -0.39 is 19.2 Å². The Morgan fingerprint density at radius 3 is 1.23 bits per heavy atom. The monoisotopic (exact) mass is 588 g/mol. The zero-order valence-electron chi connectivity index (χ0n) is 23.1. The van der Waals surface area contributed by atoms with Crippen LogP contribution in [0.15, 0.2) is 60.7 Å². The Morgan fingerprint density at radius 1 is 0.514 bits per heavy atom. The van der Waals surface area contributed by atoms with Crippen LogP contribution in [0.5, 0.6) is 0 Å². The summed E-state index contributed by atoms with van der Waals surface area (Å²) in [7, 11) is 0. The minimum absolute atomic E-state index is 0.0927. The number of hydrogen-bond donors (Lipinski definition) is 0. The SMILES string of the molecule is CCCCCCC[CH2][Sn]([CH2]CCCCCCC)([O]C(C)c1ccccc1)[O]C(C)c1ccccc1. The maximum absolute atomic E-state index is 7.16. The molecule has 0 aliphatic heterocycles. The summed E-state index contributed by atoms with van der Waals surface area (Å²) in [5.41, 5.74) is 2.55. The molecule has 0 saturated heterocycles. The number of unbranched alkanes of at least 4 members (excludes halogenated alkanes) is 10. The van der Waals surface area contributed by atoms with E-state index >= 15 is 0 Å². The first-order chi connectivity index (χ1) is 17.1. The van der Waals surface area contributed by atoms with Crippen LogP contribution in [0.3, 0.4) is 0 Å². The summed E-state index contributed by atoms with van der Waals surface area (Å²) >= 11 is -3.38. The summed E-state index contributed by atoms with van der Waals surface area (Å²) in [6, 6.07) is 21.5. The van der Waals surface area contributed by atoms with Gasteiger partial charge < -0.3 is 0 Å². The van der Waals surface area contributed by atoms with E-state index in [4.69, 9.17) is 6.15 Å². The van der Waals surface area contributed by atoms with Crippen molar-refractivity contribution < 1.29 is 6.15 Å². The third-order valence-electron chi connectivity index (χ3n) is 7.14. The molecule has 2 rings (SSSR count). The maximum atomic E-state index is 7.16. The van der Waals surface area contributed by atoms with Gasteiger partial charge >= 0.3 is 223 Å². The minimum atomic E-state index is -3.38. The van der Waals surface area contributed by atoms with Gasteiger partial charge in [-0.2, -0.15) is 0 Å². The van der Waals surface area contributed by atoms with Gasteiger partial charge in [0.05, 0.1) is 0 Å². The van der Waals surface area contributed by atoms with E-state index in [2.05, 4.69) is 88.4 Å². The van der Waals surface area contributed by atoms with Crippen LogP contribution in [0.2, 0.25) is 8.87 Å². The first kappa shape index (κ1) is 30.4. The van der Waals surface area contributed by atoms with Crippen molar-refractivity contribution >= 4 is 19.2 Å². The van der Waals surface area contributed by atoms with E-state index in [0.717, 1.165) is 0 Å². The normalized spacial score (nSPS) is 13.6. The molecular formula is C32H52O2Sn. The number of benzene rings is 2. The summed E-state index contributed by atoms with van der Waals surface area (Å²) in [6.07, 6.45) is 16.0. The molecule has 0 bridgehead atoms.